The summed E-state index contributed by atoms with van der Waals surface area (Å²) >= 11 is 0. The van der Waals surface area contributed by atoms with E-state index in [0.717, 1.165) is 0 Å². The first-order valence-electron chi connectivity index (χ1n) is 8.57. The van der Waals surface area contributed by atoms with Crippen LogP contribution >= 0.6 is 0 Å². The number of aryl methyl sites for hydroxylation is 1. The summed E-state index contributed by atoms with van der Waals surface area (Å²) in [6, 6.07) is 5.77. The summed E-state index contributed by atoms with van der Waals surface area (Å²) in [5.74, 6) is -0.234. The van der Waals surface area contributed by atoms with Crippen LogP contribution in [0.3, 0.4) is 0 Å². The van der Waals surface area contributed by atoms with Gasteiger partial charge >= 0.3 is 0 Å². The lowest BCUT2D eigenvalue weighted by atomic mass is 10.2. The number of nitrogen functional groups attached to an aromatic ring is 1. The summed E-state index contributed by atoms with van der Waals surface area (Å²) in [7, 11) is -13.8. The van der Waals surface area contributed by atoms with Crippen LogP contribution in [0.2, 0.25) is 0 Å². The van der Waals surface area contributed by atoms with Crippen molar-refractivity contribution >= 4 is 47.4 Å². The van der Waals surface area contributed by atoms with Crippen LogP contribution in [0.5, 0.6) is 5.75 Å². The van der Waals surface area contributed by atoms with E-state index >= 15 is 0 Å². The van der Waals surface area contributed by atoms with E-state index in [0.29, 0.717) is 17.7 Å². The zero-order valence-electron chi connectivity index (χ0n) is 16.4. The molecule has 0 unspecified atom stereocenters. The Morgan fingerprint density at radius 3 is 2.03 bits per heavy atom. The van der Waals surface area contributed by atoms with Gasteiger partial charge in [-0.3, -0.25) is 13.7 Å². The minimum atomic E-state index is -4.87. The number of hydrogen-bond acceptors (Lipinski definition) is 10. The molecule has 0 amide bonds. The Kier molecular flexibility index (Phi) is 7.59. The van der Waals surface area contributed by atoms with Gasteiger partial charge in [-0.15, -0.1) is 5.11 Å². The van der Waals surface area contributed by atoms with Gasteiger partial charge in [-0.05, 0) is 37.1 Å². The molecule has 0 saturated carbocycles. The van der Waals surface area contributed by atoms with E-state index in [9.17, 15) is 34.4 Å². The maximum absolute atomic E-state index is 11.6. The summed E-state index contributed by atoms with van der Waals surface area (Å²) in [6.07, 6.45) is 0.0190. The summed E-state index contributed by atoms with van der Waals surface area (Å²) in [6.45, 7) is 1.59. The zero-order chi connectivity index (χ0) is 24.3. The van der Waals surface area contributed by atoms with Crippen LogP contribution in [0.4, 0.5) is 17.1 Å². The van der Waals surface area contributed by atoms with E-state index in [1.807, 2.05) is 0 Å². The highest BCUT2D eigenvalue weighted by Gasteiger charge is 2.23. The molecular weight excluding hydrogens is 490 g/mol. The lowest BCUT2D eigenvalue weighted by Gasteiger charge is -2.09. The van der Waals surface area contributed by atoms with Crippen LogP contribution in [-0.2, 0) is 30.4 Å². The van der Waals surface area contributed by atoms with Gasteiger partial charge in [0.1, 0.15) is 21.2 Å². The number of nitrogens with two attached hydrogens (primary N) is 1. The smallest absolute Gasteiger partial charge is 0.296 e. The van der Waals surface area contributed by atoms with Gasteiger partial charge in [0, 0.05) is 6.07 Å². The van der Waals surface area contributed by atoms with Gasteiger partial charge in [-0.25, -0.2) is 0 Å². The molecule has 0 saturated heterocycles. The average molecular weight is 510 g/mol. The van der Waals surface area contributed by atoms with Crippen molar-refractivity contribution in [3.8, 4) is 5.75 Å². The standard InChI is InChI=1S/C16H19N3O10S3/c1-10-3-4-11(29-5-2-6-30(20,21)22)7-13(10)18-19-14-9-15(31(23,24)25)12(17)8-16(14)32(26,27)28/h3-4,7-9H,2,5-6,17H2,1H3,(H,20,21,22)(H,23,24,25)(H,26,27,28). The molecule has 0 spiro atoms. The van der Waals surface area contributed by atoms with Crippen molar-refractivity contribution in [3.05, 3.63) is 35.9 Å². The molecule has 0 bridgehead atoms. The molecule has 2 aromatic carbocycles. The highest BCUT2D eigenvalue weighted by Crippen LogP contribution is 2.34. The summed E-state index contributed by atoms with van der Waals surface area (Å²) in [4.78, 5) is -1.66. The molecule has 0 heterocycles. The molecule has 0 fully saturated rings. The first kappa shape index (κ1) is 25.6. The van der Waals surface area contributed by atoms with Crippen molar-refractivity contribution in [3.63, 3.8) is 0 Å². The quantitative estimate of drug-likeness (QED) is 0.166. The highest BCUT2D eigenvalue weighted by molar-refractivity contribution is 7.86. The van der Waals surface area contributed by atoms with E-state index in [-0.39, 0.29) is 24.5 Å². The Balaban J connectivity index is 2.40. The van der Waals surface area contributed by atoms with E-state index < -0.39 is 57.3 Å². The molecular formula is C16H19N3O10S3. The molecule has 0 atom stereocenters. The number of azo groups is 1. The second kappa shape index (κ2) is 9.47. The summed E-state index contributed by atoms with van der Waals surface area (Å²) < 4.78 is 100. The predicted octanol–water partition coefficient (Wildman–Crippen LogP) is 2.14. The third kappa shape index (κ3) is 7.21. The normalized spacial score (nSPS) is 12.9. The minimum absolute atomic E-state index is 0.0190. The van der Waals surface area contributed by atoms with Crippen molar-refractivity contribution in [2.24, 2.45) is 10.2 Å². The largest absolute Gasteiger partial charge is 0.493 e. The van der Waals surface area contributed by atoms with E-state index in [1.165, 1.54) is 6.07 Å². The molecule has 2 rings (SSSR count). The fourth-order valence-electron chi connectivity index (χ4n) is 2.40. The molecule has 32 heavy (non-hydrogen) atoms. The number of hydrogen-bond donors (Lipinski definition) is 4. The third-order valence-electron chi connectivity index (χ3n) is 3.91. The Bertz CT molecular complexity index is 1370. The van der Waals surface area contributed by atoms with Crippen molar-refractivity contribution in [1.29, 1.82) is 0 Å². The first-order chi connectivity index (χ1) is 14.6. The second-order valence-electron chi connectivity index (χ2n) is 6.44. The van der Waals surface area contributed by atoms with E-state index in [1.54, 1.807) is 19.1 Å². The first-order valence-corrected chi connectivity index (χ1v) is 13.1. The molecule has 16 heteroatoms. The zero-order valence-corrected chi connectivity index (χ0v) is 18.9. The van der Waals surface area contributed by atoms with Crippen molar-refractivity contribution in [2.75, 3.05) is 18.1 Å². The van der Waals surface area contributed by atoms with Gasteiger partial charge in [0.2, 0.25) is 0 Å². The highest BCUT2D eigenvalue weighted by atomic mass is 32.2. The van der Waals surface area contributed by atoms with Gasteiger partial charge < -0.3 is 10.5 Å². The monoisotopic (exact) mass is 509 g/mol. The van der Waals surface area contributed by atoms with Gasteiger partial charge in [0.05, 0.1) is 23.7 Å². The minimum Gasteiger partial charge on any atom is -0.493 e. The third-order valence-corrected chi connectivity index (χ3v) is 6.51. The molecule has 2 aromatic rings. The Morgan fingerprint density at radius 2 is 1.47 bits per heavy atom. The van der Waals surface area contributed by atoms with Crippen molar-refractivity contribution in [2.45, 2.75) is 23.1 Å². The summed E-state index contributed by atoms with van der Waals surface area (Å²) in [5.41, 5.74) is 4.94. The number of rotatable bonds is 9. The van der Waals surface area contributed by atoms with Gasteiger partial charge in [-0.2, -0.15) is 30.4 Å². The molecule has 0 aliphatic carbocycles. The molecule has 0 radical (unpaired) electrons. The topological polar surface area (TPSA) is 223 Å². The number of nitrogens with zero attached hydrogens (tertiary/aromatic N) is 2. The van der Waals surface area contributed by atoms with Gasteiger partial charge in [-0.1, -0.05) is 6.07 Å². The van der Waals surface area contributed by atoms with Crippen LogP contribution in [0, 0.1) is 6.92 Å². The van der Waals surface area contributed by atoms with E-state index in [2.05, 4.69) is 10.2 Å². The van der Waals surface area contributed by atoms with Crippen molar-refractivity contribution in [1.82, 2.24) is 0 Å². The van der Waals surface area contributed by atoms with Crippen LogP contribution in [0.15, 0.2) is 50.4 Å². The van der Waals surface area contributed by atoms with Gasteiger partial charge in [0.25, 0.3) is 30.4 Å². The molecule has 5 N–H and O–H groups in total. The molecule has 13 nitrogen and oxygen atoms in total. The maximum Gasteiger partial charge on any atom is 0.296 e. The Hall–Kier alpha value is -2.63. The Morgan fingerprint density at radius 1 is 0.875 bits per heavy atom. The summed E-state index contributed by atoms with van der Waals surface area (Å²) in [5, 5.41) is 7.52. The van der Waals surface area contributed by atoms with Crippen molar-refractivity contribution < 1.29 is 43.6 Å². The predicted molar refractivity (Wildman–Crippen MR) is 112 cm³/mol. The van der Waals surface area contributed by atoms with Gasteiger partial charge in [0.15, 0.2) is 0 Å². The van der Waals surface area contributed by atoms with Crippen LogP contribution in [0.25, 0.3) is 0 Å². The molecule has 0 aliphatic rings. The number of anilines is 1. The number of ether oxygens (including phenoxy) is 1. The fourth-order valence-corrected chi connectivity index (χ4v) is 4.14. The average Bonchev–Trinajstić information content (AvgIpc) is 2.63. The van der Waals surface area contributed by atoms with Crippen LogP contribution in [0.1, 0.15) is 12.0 Å². The SMILES string of the molecule is Cc1ccc(OCCCS(=O)(=O)O)cc1N=Nc1cc(S(=O)(=O)O)c(N)cc1S(=O)(=O)O. The molecule has 0 aliphatic heterocycles. The Labute approximate surface area is 184 Å². The number of benzene rings is 2. The van der Waals surface area contributed by atoms with Crippen LogP contribution < -0.4 is 10.5 Å². The lowest BCUT2D eigenvalue weighted by molar-refractivity contribution is 0.316. The fraction of sp³-hybridized carbons (Fsp3) is 0.250. The molecule has 0 aromatic heterocycles. The van der Waals surface area contributed by atoms with Crippen LogP contribution in [-0.4, -0.2) is 51.3 Å². The van der Waals surface area contributed by atoms with E-state index in [4.69, 9.17) is 15.0 Å². The lowest BCUT2D eigenvalue weighted by Crippen LogP contribution is -2.08. The molecule has 176 valence electrons. The second-order valence-corrected chi connectivity index (χ2v) is 10.8. The maximum atomic E-state index is 11.6.